The van der Waals surface area contributed by atoms with Gasteiger partial charge in [-0.25, -0.2) is 0 Å². The Labute approximate surface area is 161 Å². The number of fused-ring (bicyclic) bond motifs is 3. The Kier molecular flexibility index (Phi) is 5.80. The van der Waals surface area contributed by atoms with E-state index in [-0.39, 0.29) is 4.87 Å². The van der Waals surface area contributed by atoms with E-state index in [1.165, 1.54) is 62.7 Å². The third kappa shape index (κ3) is 3.77. The van der Waals surface area contributed by atoms with Gasteiger partial charge in [-0.05, 0) is 50.2 Å². The van der Waals surface area contributed by atoms with E-state index in [1.807, 2.05) is 16.7 Å². The van der Waals surface area contributed by atoms with E-state index in [0.717, 1.165) is 47.7 Å². The minimum absolute atomic E-state index is 0.198. The molecule has 4 heteroatoms. The average Bonchev–Trinajstić information content (AvgIpc) is 3.08. The molecule has 2 aliphatic heterocycles. The maximum Gasteiger partial charge on any atom is 0.308 e. The smallest absolute Gasteiger partial charge is 0.299 e. The first-order valence-electron chi connectivity index (χ1n) is 10.6. The molecule has 142 valence electrons. The van der Waals surface area contributed by atoms with E-state index in [9.17, 15) is 4.79 Å². The highest BCUT2D eigenvalue weighted by molar-refractivity contribution is 7.16. The van der Waals surface area contributed by atoms with E-state index in [0.29, 0.717) is 0 Å². The van der Waals surface area contributed by atoms with Gasteiger partial charge in [0.1, 0.15) is 0 Å². The first kappa shape index (κ1) is 18.2. The van der Waals surface area contributed by atoms with Crippen LogP contribution in [0.25, 0.3) is 10.2 Å². The summed E-state index contributed by atoms with van der Waals surface area (Å²) in [7, 11) is 0. The summed E-state index contributed by atoms with van der Waals surface area (Å²) in [5, 5.41) is 0. The minimum Gasteiger partial charge on any atom is -0.299 e. The molecule has 2 atom stereocenters. The van der Waals surface area contributed by atoms with Gasteiger partial charge in [-0.2, -0.15) is 0 Å². The number of hydrogen-bond donors (Lipinski definition) is 0. The van der Waals surface area contributed by atoms with Crippen LogP contribution in [0.5, 0.6) is 0 Å². The summed E-state index contributed by atoms with van der Waals surface area (Å²) in [5.41, 5.74) is 1.11. The van der Waals surface area contributed by atoms with Crippen molar-refractivity contribution in [3.8, 4) is 0 Å². The van der Waals surface area contributed by atoms with Crippen molar-refractivity contribution in [2.45, 2.75) is 83.3 Å². The van der Waals surface area contributed by atoms with Gasteiger partial charge in [0.15, 0.2) is 0 Å². The standard InChI is InChI=1S/C22H32N2OS/c1-2-3-4-8-17-15-18-11-12-19(16-17)23(18)13-7-14-24-20-9-5-6-10-21(20)26-22(24)25/h5-6,9-10,17-19H,2-4,7-8,11-16H2,1H3. The second-order valence-electron chi connectivity index (χ2n) is 8.30. The van der Waals surface area contributed by atoms with Gasteiger partial charge >= 0.3 is 4.87 Å². The fraction of sp³-hybridized carbons (Fsp3) is 0.682. The normalized spacial score (nSPS) is 26.0. The molecular formula is C22H32N2OS. The SMILES string of the molecule is CCCCCC1CC2CCC(C1)N2CCCn1c(=O)sc2ccccc21. The van der Waals surface area contributed by atoms with Gasteiger partial charge in [-0.3, -0.25) is 14.3 Å². The highest BCUT2D eigenvalue weighted by Crippen LogP contribution is 2.40. The molecule has 0 N–H and O–H groups in total. The van der Waals surface area contributed by atoms with Crippen LogP contribution in [0.4, 0.5) is 0 Å². The van der Waals surface area contributed by atoms with Crippen LogP contribution in [0.3, 0.4) is 0 Å². The number of para-hydroxylation sites is 1. The molecule has 1 aromatic heterocycles. The van der Waals surface area contributed by atoms with E-state index in [4.69, 9.17) is 0 Å². The molecule has 2 saturated heterocycles. The lowest BCUT2D eigenvalue weighted by atomic mass is 9.86. The number of thiazole rings is 1. The van der Waals surface area contributed by atoms with Gasteiger partial charge in [0.25, 0.3) is 0 Å². The largest absolute Gasteiger partial charge is 0.308 e. The van der Waals surface area contributed by atoms with Crippen molar-refractivity contribution in [1.82, 2.24) is 9.47 Å². The van der Waals surface area contributed by atoms with Gasteiger partial charge in [-0.15, -0.1) is 0 Å². The fourth-order valence-electron chi connectivity index (χ4n) is 5.31. The first-order chi connectivity index (χ1) is 12.8. The lowest BCUT2D eigenvalue weighted by Gasteiger charge is -2.39. The Balaban J connectivity index is 1.32. The van der Waals surface area contributed by atoms with Crippen LogP contribution in [-0.4, -0.2) is 28.1 Å². The summed E-state index contributed by atoms with van der Waals surface area (Å²) >= 11 is 1.38. The molecule has 26 heavy (non-hydrogen) atoms. The number of nitrogens with zero attached hydrogens (tertiary/aromatic N) is 2. The second-order valence-corrected chi connectivity index (χ2v) is 9.29. The Morgan fingerprint density at radius 1 is 1.04 bits per heavy atom. The maximum atomic E-state index is 12.3. The molecule has 2 bridgehead atoms. The van der Waals surface area contributed by atoms with Crippen molar-refractivity contribution in [2.24, 2.45) is 5.92 Å². The van der Waals surface area contributed by atoms with Crippen molar-refractivity contribution >= 4 is 21.6 Å². The molecule has 3 heterocycles. The Bertz CT molecular complexity index is 766. The number of piperidine rings is 1. The average molecular weight is 373 g/mol. The van der Waals surface area contributed by atoms with Crippen molar-refractivity contribution in [2.75, 3.05) is 6.54 Å². The zero-order chi connectivity index (χ0) is 17.9. The van der Waals surface area contributed by atoms with Gasteiger partial charge in [-0.1, -0.05) is 56.1 Å². The predicted octanol–water partition coefficient (Wildman–Crippen LogP) is 5.28. The van der Waals surface area contributed by atoms with Gasteiger partial charge in [0, 0.05) is 25.2 Å². The maximum absolute atomic E-state index is 12.3. The van der Waals surface area contributed by atoms with E-state index in [1.54, 1.807) is 0 Å². The molecule has 2 aromatic rings. The third-order valence-electron chi connectivity index (χ3n) is 6.57. The van der Waals surface area contributed by atoms with Gasteiger partial charge < -0.3 is 0 Å². The van der Waals surface area contributed by atoms with Gasteiger partial charge in [0.05, 0.1) is 10.2 Å². The number of benzene rings is 1. The van der Waals surface area contributed by atoms with Crippen LogP contribution in [0.1, 0.15) is 64.7 Å². The van der Waals surface area contributed by atoms with Crippen LogP contribution in [0.15, 0.2) is 29.1 Å². The Hall–Kier alpha value is -1.13. The highest BCUT2D eigenvalue weighted by Gasteiger charge is 2.39. The molecule has 2 unspecified atom stereocenters. The van der Waals surface area contributed by atoms with E-state index < -0.39 is 0 Å². The lowest BCUT2D eigenvalue weighted by Crippen LogP contribution is -2.43. The molecule has 0 spiro atoms. The highest BCUT2D eigenvalue weighted by atomic mass is 32.1. The number of unbranched alkanes of at least 4 members (excludes halogenated alkanes) is 2. The molecule has 0 aliphatic carbocycles. The Morgan fingerprint density at radius 3 is 2.58 bits per heavy atom. The van der Waals surface area contributed by atoms with Crippen molar-refractivity contribution < 1.29 is 0 Å². The number of aryl methyl sites for hydroxylation is 1. The van der Waals surface area contributed by atoms with Crippen LogP contribution >= 0.6 is 11.3 Å². The first-order valence-corrected chi connectivity index (χ1v) is 11.4. The minimum atomic E-state index is 0.198. The van der Waals surface area contributed by atoms with Crippen molar-refractivity contribution in [1.29, 1.82) is 0 Å². The monoisotopic (exact) mass is 372 g/mol. The molecule has 4 rings (SSSR count). The summed E-state index contributed by atoms with van der Waals surface area (Å²) in [5.74, 6) is 0.971. The molecule has 1 aromatic carbocycles. The zero-order valence-electron chi connectivity index (χ0n) is 16.0. The molecule has 2 aliphatic rings. The summed E-state index contributed by atoms with van der Waals surface area (Å²) < 4.78 is 3.10. The molecule has 0 saturated carbocycles. The van der Waals surface area contributed by atoms with Crippen molar-refractivity contribution in [3.63, 3.8) is 0 Å². The van der Waals surface area contributed by atoms with Crippen LogP contribution in [0.2, 0.25) is 0 Å². The molecule has 0 radical (unpaired) electrons. The Morgan fingerprint density at radius 2 is 1.81 bits per heavy atom. The summed E-state index contributed by atoms with van der Waals surface area (Å²) in [4.78, 5) is 15.3. The number of hydrogen-bond acceptors (Lipinski definition) is 3. The molecule has 0 amide bonds. The topological polar surface area (TPSA) is 25.2 Å². The van der Waals surface area contributed by atoms with Crippen LogP contribution in [-0.2, 0) is 6.54 Å². The summed E-state index contributed by atoms with van der Waals surface area (Å²) in [6.07, 6.45) is 12.3. The summed E-state index contributed by atoms with van der Waals surface area (Å²) in [6, 6.07) is 9.83. The number of rotatable bonds is 8. The fourth-order valence-corrected chi connectivity index (χ4v) is 6.23. The second kappa shape index (κ2) is 8.26. The summed E-state index contributed by atoms with van der Waals surface area (Å²) in [6.45, 7) is 4.32. The number of aromatic nitrogens is 1. The predicted molar refractivity (Wildman–Crippen MR) is 111 cm³/mol. The van der Waals surface area contributed by atoms with Gasteiger partial charge in [0.2, 0.25) is 0 Å². The van der Waals surface area contributed by atoms with E-state index >= 15 is 0 Å². The van der Waals surface area contributed by atoms with Crippen molar-refractivity contribution in [3.05, 3.63) is 33.9 Å². The lowest BCUT2D eigenvalue weighted by molar-refractivity contribution is 0.0966. The van der Waals surface area contributed by atoms with E-state index in [2.05, 4.69) is 24.0 Å². The molecule has 3 nitrogen and oxygen atoms in total. The quantitative estimate of drug-likeness (QED) is 0.589. The molecular weight excluding hydrogens is 340 g/mol. The molecule has 2 fully saturated rings. The van der Waals surface area contributed by atoms with Crippen LogP contribution < -0.4 is 4.87 Å². The zero-order valence-corrected chi connectivity index (χ0v) is 16.8. The van der Waals surface area contributed by atoms with Crippen LogP contribution in [0, 0.1) is 5.92 Å². The third-order valence-corrected chi connectivity index (χ3v) is 7.53.